The van der Waals surface area contributed by atoms with Crippen LogP contribution >= 0.6 is 0 Å². The van der Waals surface area contributed by atoms with Crippen LogP contribution in [0.4, 0.5) is 4.79 Å². The highest BCUT2D eigenvalue weighted by Gasteiger charge is 2.49. The molecule has 5 aliphatic heterocycles. The summed E-state index contributed by atoms with van der Waals surface area (Å²) in [6.45, 7) is 5.58. The van der Waals surface area contributed by atoms with E-state index in [9.17, 15) is 24.3 Å². The van der Waals surface area contributed by atoms with Crippen molar-refractivity contribution in [3.05, 3.63) is 102 Å². The Kier molecular flexibility index (Phi) is 9.19. The number of imide groups is 1. The lowest BCUT2D eigenvalue weighted by Gasteiger charge is -2.52. The fraction of sp³-hybridized carbons (Fsp3) is 0.432. The number of carboxylic acids is 1. The lowest BCUT2D eigenvalue weighted by Crippen LogP contribution is -2.74. The van der Waals surface area contributed by atoms with Gasteiger partial charge in [0.25, 0.3) is 5.91 Å². The van der Waals surface area contributed by atoms with Crippen LogP contribution in [0.5, 0.6) is 0 Å². The van der Waals surface area contributed by atoms with Gasteiger partial charge < -0.3 is 14.9 Å². The van der Waals surface area contributed by atoms with E-state index in [0.717, 1.165) is 24.9 Å². The molecule has 2 aromatic carbocycles. The molecule has 3 aromatic rings. The Balaban J connectivity index is 1.05. The van der Waals surface area contributed by atoms with Gasteiger partial charge in [-0.25, -0.2) is 19.6 Å². The molecule has 0 spiro atoms. The van der Waals surface area contributed by atoms with Gasteiger partial charge in [0.15, 0.2) is 0 Å². The summed E-state index contributed by atoms with van der Waals surface area (Å²) in [5.74, 6) is -1.48. The number of carbonyl (C=O) groups excluding carboxylic acids is 3. The molecule has 0 radical (unpaired) electrons. The first-order valence-corrected chi connectivity index (χ1v) is 17.2. The number of nitrogens with one attached hydrogen (secondary N) is 1. The fourth-order valence-corrected chi connectivity index (χ4v) is 8.29. The smallest absolute Gasteiger partial charge is 0.343 e. The zero-order chi connectivity index (χ0) is 34.0. The Morgan fingerprint density at radius 3 is 2.08 bits per heavy atom. The molecule has 5 aliphatic rings. The van der Waals surface area contributed by atoms with Gasteiger partial charge in [-0.15, -0.1) is 0 Å². The molecule has 12 nitrogen and oxygen atoms in total. The number of piperidine rings is 1. The van der Waals surface area contributed by atoms with Crippen LogP contribution in [0.25, 0.3) is 0 Å². The summed E-state index contributed by atoms with van der Waals surface area (Å²) in [7, 11) is 0. The highest BCUT2D eigenvalue weighted by atomic mass is 16.4. The normalized spacial score (nSPS) is 26.3. The minimum absolute atomic E-state index is 0.0557. The number of fused-ring (bicyclic) bond motifs is 3. The second-order valence-corrected chi connectivity index (χ2v) is 13.7. The van der Waals surface area contributed by atoms with E-state index >= 15 is 0 Å². The molecule has 5 saturated heterocycles. The summed E-state index contributed by atoms with van der Waals surface area (Å²) in [6.07, 6.45) is 4.90. The summed E-state index contributed by atoms with van der Waals surface area (Å²) < 4.78 is 0. The number of carbonyl (C=O) groups is 4. The molecule has 49 heavy (non-hydrogen) atoms. The highest BCUT2D eigenvalue weighted by Crippen LogP contribution is 2.40. The van der Waals surface area contributed by atoms with Gasteiger partial charge in [0, 0.05) is 62.6 Å². The number of rotatable bonds is 8. The largest absolute Gasteiger partial charge is 0.479 e. The Bertz CT molecular complexity index is 1660. The van der Waals surface area contributed by atoms with Crippen LogP contribution in [-0.2, 0) is 20.4 Å². The van der Waals surface area contributed by atoms with E-state index in [1.54, 1.807) is 22.3 Å². The SMILES string of the molecule is O=C(O)C1N2CCN(CC2)N1C(=O)NC(=O)C1(c2ccncc2)CCN(CCC2(c3ccccc3)CCN(C(=O)c3ccccc3)C2)CC1. The van der Waals surface area contributed by atoms with E-state index in [1.807, 2.05) is 53.4 Å². The van der Waals surface area contributed by atoms with Crippen molar-refractivity contribution in [2.75, 3.05) is 58.9 Å². The predicted octanol–water partition coefficient (Wildman–Crippen LogP) is 2.78. The Labute approximate surface area is 286 Å². The summed E-state index contributed by atoms with van der Waals surface area (Å²) in [4.78, 5) is 63.6. The zero-order valence-electron chi connectivity index (χ0n) is 27.6. The van der Waals surface area contributed by atoms with Crippen molar-refractivity contribution < 1.29 is 24.3 Å². The number of urea groups is 1. The molecule has 1 aromatic heterocycles. The molecule has 2 N–H and O–H groups in total. The topological polar surface area (TPSA) is 130 Å². The van der Waals surface area contributed by atoms with Gasteiger partial charge in [-0.3, -0.25) is 24.8 Å². The number of benzene rings is 2. The molecule has 8 rings (SSSR count). The monoisotopic (exact) mass is 665 g/mol. The molecule has 2 unspecified atom stereocenters. The van der Waals surface area contributed by atoms with E-state index in [0.29, 0.717) is 70.8 Å². The van der Waals surface area contributed by atoms with E-state index < -0.39 is 29.5 Å². The first kappa shape index (κ1) is 32.9. The van der Waals surface area contributed by atoms with E-state index in [1.165, 1.54) is 10.6 Å². The third kappa shape index (κ3) is 6.31. The quantitative estimate of drug-likeness (QED) is 0.373. The number of aromatic nitrogens is 1. The van der Waals surface area contributed by atoms with Gasteiger partial charge in [0.2, 0.25) is 12.1 Å². The lowest BCUT2D eigenvalue weighted by atomic mass is 9.71. The number of likely N-dealkylation sites (tertiary alicyclic amines) is 2. The molecule has 2 atom stereocenters. The average Bonchev–Trinajstić information content (AvgIpc) is 3.60. The van der Waals surface area contributed by atoms with E-state index in [2.05, 4.69) is 39.5 Å². The molecule has 0 aliphatic carbocycles. The van der Waals surface area contributed by atoms with Crippen molar-refractivity contribution in [3.8, 4) is 0 Å². The van der Waals surface area contributed by atoms with Gasteiger partial charge in [-0.05, 0) is 80.7 Å². The third-order valence-electron chi connectivity index (χ3n) is 11.2. The van der Waals surface area contributed by atoms with Crippen LogP contribution in [0.15, 0.2) is 85.2 Å². The number of pyridine rings is 1. The average molecular weight is 666 g/mol. The molecule has 0 saturated carbocycles. The molecular weight excluding hydrogens is 622 g/mol. The fourth-order valence-electron chi connectivity index (χ4n) is 8.29. The summed E-state index contributed by atoms with van der Waals surface area (Å²) in [5.41, 5.74) is 1.57. The van der Waals surface area contributed by atoms with Crippen LogP contribution in [0.3, 0.4) is 0 Å². The maximum Gasteiger partial charge on any atom is 0.343 e. The number of nitrogens with zero attached hydrogens (tertiary/aromatic N) is 6. The van der Waals surface area contributed by atoms with Gasteiger partial charge in [-0.2, -0.15) is 0 Å². The van der Waals surface area contributed by atoms with Crippen molar-refractivity contribution in [2.24, 2.45) is 0 Å². The molecule has 256 valence electrons. The Morgan fingerprint density at radius 1 is 0.776 bits per heavy atom. The summed E-state index contributed by atoms with van der Waals surface area (Å²) >= 11 is 0. The Morgan fingerprint density at radius 2 is 1.43 bits per heavy atom. The summed E-state index contributed by atoms with van der Waals surface area (Å²) in [6, 6.07) is 22.9. The maximum absolute atomic E-state index is 14.2. The first-order chi connectivity index (χ1) is 23.8. The van der Waals surface area contributed by atoms with Crippen molar-refractivity contribution in [1.29, 1.82) is 0 Å². The number of amides is 4. The number of carboxylic acid groups (broad SMARTS) is 1. The second kappa shape index (κ2) is 13.7. The predicted molar refractivity (Wildman–Crippen MR) is 181 cm³/mol. The van der Waals surface area contributed by atoms with Gasteiger partial charge in [0.1, 0.15) is 0 Å². The Hall–Kier alpha value is -4.65. The summed E-state index contributed by atoms with van der Waals surface area (Å²) in [5, 5.41) is 15.5. The molecule has 6 heterocycles. The van der Waals surface area contributed by atoms with Crippen LogP contribution in [-0.4, -0.2) is 124 Å². The number of hydrogen-bond acceptors (Lipinski definition) is 8. The van der Waals surface area contributed by atoms with E-state index in [-0.39, 0.29) is 11.3 Å². The molecule has 2 bridgehead atoms. The van der Waals surface area contributed by atoms with Crippen LogP contribution in [0.1, 0.15) is 47.2 Å². The van der Waals surface area contributed by atoms with Gasteiger partial charge >= 0.3 is 12.0 Å². The van der Waals surface area contributed by atoms with Crippen LogP contribution in [0, 0.1) is 0 Å². The zero-order valence-corrected chi connectivity index (χ0v) is 27.6. The van der Waals surface area contributed by atoms with Crippen molar-refractivity contribution in [2.45, 2.75) is 42.7 Å². The van der Waals surface area contributed by atoms with Gasteiger partial charge in [0.05, 0.1) is 5.41 Å². The number of hydrazine groups is 1. The standard InChI is InChI=1S/C37H43N7O5/c45-32(28-7-3-1-4-8-28)42-22-14-36(27-42,29-9-5-2-6-10-29)13-19-40-20-15-37(16-21-40,30-11-17-38-18-12-30)34(48)39-35(49)44-31(33(46)47)41-23-25-43(44)26-24-41/h1-12,17-18,31H,13-16,19-27H2,(H,46,47)(H,39,48,49). The number of piperazine rings is 1. The minimum Gasteiger partial charge on any atom is -0.479 e. The minimum atomic E-state index is -1.14. The molecule has 4 amide bonds. The second-order valence-electron chi connectivity index (χ2n) is 13.7. The maximum atomic E-state index is 14.2. The van der Waals surface area contributed by atoms with Crippen molar-refractivity contribution in [3.63, 3.8) is 0 Å². The third-order valence-corrected chi connectivity index (χ3v) is 11.2. The molecular formula is C37H43N7O5. The van der Waals surface area contributed by atoms with E-state index in [4.69, 9.17) is 0 Å². The molecule has 12 heteroatoms. The van der Waals surface area contributed by atoms with Crippen LogP contribution in [0.2, 0.25) is 0 Å². The van der Waals surface area contributed by atoms with Crippen molar-refractivity contribution >= 4 is 23.8 Å². The first-order valence-electron chi connectivity index (χ1n) is 17.2. The highest BCUT2D eigenvalue weighted by molar-refractivity contribution is 6.01. The number of hydrogen-bond donors (Lipinski definition) is 2. The van der Waals surface area contributed by atoms with Gasteiger partial charge in [-0.1, -0.05) is 48.5 Å². The lowest BCUT2D eigenvalue weighted by molar-refractivity contribution is -0.190. The number of aliphatic carboxylic acids is 1. The van der Waals surface area contributed by atoms with Crippen molar-refractivity contribution in [1.82, 2.24) is 35.0 Å². The van der Waals surface area contributed by atoms with Crippen LogP contribution < -0.4 is 5.32 Å². The molecule has 5 fully saturated rings.